The van der Waals surface area contributed by atoms with Crippen LogP contribution in [0.4, 0.5) is 0 Å². The molecule has 2 fully saturated rings. The minimum absolute atomic E-state index is 0.671. The molecule has 2 aliphatic carbocycles. The summed E-state index contributed by atoms with van der Waals surface area (Å²) in [6, 6.07) is 0.812. The molecule has 0 bridgehead atoms. The van der Waals surface area contributed by atoms with E-state index in [-0.39, 0.29) is 0 Å². The summed E-state index contributed by atoms with van der Waals surface area (Å²) in [6.45, 7) is 10.9. The maximum Gasteiger partial charge on any atom is 0.00700 e. The van der Waals surface area contributed by atoms with Gasteiger partial charge in [0.1, 0.15) is 0 Å². The Morgan fingerprint density at radius 1 is 1.12 bits per heavy atom. The second-order valence-corrected chi connectivity index (χ2v) is 7.27. The predicted octanol–water partition coefficient (Wildman–Crippen LogP) is 4.23. The Morgan fingerprint density at radius 2 is 1.82 bits per heavy atom. The van der Waals surface area contributed by atoms with E-state index in [9.17, 15) is 0 Å². The summed E-state index contributed by atoms with van der Waals surface area (Å²) >= 11 is 0. The normalized spacial score (nSPS) is 32.1. The van der Waals surface area contributed by atoms with Crippen LogP contribution in [-0.4, -0.2) is 12.6 Å². The molecule has 0 aromatic heterocycles. The van der Waals surface area contributed by atoms with Crippen molar-refractivity contribution in [1.29, 1.82) is 0 Å². The highest BCUT2D eigenvalue weighted by atomic mass is 14.9. The summed E-state index contributed by atoms with van der Waals surface area (Å²) in [4.78, 5) is 0. The van der Waals surface area contributed by atoms with E-state index in [0.29, 0.717) is 5.41 Å². The molecule has 0 aromatic rings. The fourth-order valence-electron chi connectivity index (χ4n) is 3.48. The molecule has 2 atom stereocenters. The largest absolute Gasteiger partial charge is 0.313 e. The van der Waals surface area contributed by atoms with Crippen molar-refractivity contribution in [3.8, 4) is 0 Å². The van der Waals surface area contributed by atoms with E-state index in [1.165, 1.54) is 45.1 Å². The van der Waals surface area contributed by atoms with Gasteiger partial charge in [0.05, 0.1) is 0 Å². The van der Waals surface area contributed by atoms with Crippen LogP contribution in [0.25, 0.3) is 0 Å². The van der Waals surface area contributed by atoms with Gasteiger partial charge in [0.15, 0.2) is 0 Å². The quantitative estimate of drug-likeness (QED) is 0.754. The van der Waals surface area contributed by atoms with Gasteiger partial charge in [-0.25, -0.2) is 0 Å². The van der Waals surface area contributed by atoms with Crippen LogP contribution >= 0.6 is 0 Å². The lowest BCUT2D eigenvalue weighted by molar-refractivity contribution is 0.215. The van der Waals surface area contributed by atoms with Gasteiger partial charge in [0.2, 0.25) is 0 Å². The van der Waals surface area contributed by atoms with Crippen LogP contribution in [0.5, 0.6) is 0 Å². The molecule has 0 saturated heterocycles. The molecule has 2 unspecified atom stereocenters. The lowest BCUT2D eigenvalue weighted by atomic mass is 9.79. The fraction of sp³-hybridized carbons (Fsp3) is 1.00. The maximum absolute atomic E-state index is 3.89. The summed E-state index contributed by atoms with van der Waals surface area (Å²) in [5, 5.41) is 3.89. The Bertz CT molecular complexity index is 240. The van der Waals surface area contributed by atoms with Crippen LogP contribution < -0.4 is 5.32 Å². The molecular formula is C16H31N. The summed E-state index contributed by atoms with van der Waals surface area (Å²) < 4.78 is 0. The average molecular weight is 237 g/mol. The Hall–Kier alpha value is -0.0400. The van der Waals surface area contributed by atoms with Gasteiger partial charge in [-0.2, -0.15) is 0 Å². The Balaban J connectivity index is 1.76. The molecule has 17 heavy (non-hydrogen) atoms. The zero-order valence-electron chi connectivity index (χ0n) is 12.3. The molecule has 0 aliphatic heterocycles. The van der Waals surface area contributed by atoms with E-state index in [0.717, 1.165) is 23.8 Å². The highest BCUT2D eigenvalue weighted by molar-refractivity contribution is 4.98. The predicted molar refractivity (Wildman–Crippen MR) is 75.1 cm³/mol. The van der Waals surface area contributed by atoms with Gasteiger partial charge in [-0.3, -0.25) is 0 Å². The highest BCUT2D eigenvalue weighted by Gasteiger charge is 2.45. The average Bonchev–Trinajstić information content (AvgIpc) is 3.08. The molecule has 0 radical (unpaired) electrons. The second kappa shape index (κ2) is 5.30. The SMILES string of the molecule is CC(C)C1CCCC(NCC2(C(C)C)CC2)C1. The number of hydrogen-bond donors (Lipinski definition) is 1. The highest BCUT2D eigenvalue weighted by Crippen LogP contribution is 2.51. The van der Waals surface area contributed by atoms with Crippen LogP contribution in [0.2, 0.25) is 0 Å². The third-order valence-corrected chi connectivity index (χ3v) is 5.52. The van der Waals surface area contributed by atoms with Gasteiger partial charge in [0, 0.05) is 12.6 Å². The molecule has 0 aromatic carbocycles. The van der Waals surface area contributed by atoms with Gasteiger partial charge in [-0.05, 0) is 48.9 Å². The molecule has 0 heterocycles. The summed E-state index contributed by atoms with van der Waals surface area (Å²) in [6.07, 6.45) is 8.65. The first kappa shape index (κ1) is 13.4. The van der Waals surface area contributed by atoms with Crippen molar-refractivity contribution >= 4 is 0 Å². The number of rotatable bonds is 5. The fourth-order valence-corrected chi connectivity index (χ4v) is 3.48. The third-order valence-electron chi connectivity index (χ3n) is 5.52. The van der Waals surface area contributed by atoms with Crippen molar-refractivity contribution in [2.24, 2.45) is 23.2 Å². The zero-order chi connectivity index (χ0) is 12.5. The molecule has 100 valence electrons. The smallest absolute Gasteiger partial charge is 0.00700 e. The molecular weight excluding hydrogens is 206 g/mol. The van der Waals surface area contributed by atoms with E-state index >= 15 is 0 Å². The molecule has 0 amide bonds. The lowest BCUT2D eigenvalue weighted by Crippen LogP contribution is -2.39. The Kier molecular flexibility index (Phi) is 4.18. The van der Waals surface area contributed by atoms with Gasteiger partial charge in [-0.1, -0.05) is 40.5 Å². The van der Waals surface area contributed by atoms with Crippen LogP contribution in [-0.2, 0) is 0 Å². The number of hydrogen-bond acceptors (Lipinski definition) is 1. The molecule has 2 rings (SSSR count). The van der Waals surface area contributed by atoms with Crippen molar-refractivity contribution in [3.05, 3.63) is 0 Å². The van der Waals surface area contributed by atoms with Crippen molar-refractivity contribution in [2.45, 2.75) is 72.3 Å². The lowest BCUT2D eigenvalue weighted by Gasteiger charge is -2.33. The van der Waals surface area contributed by atoms with E-state index in [2.05, 4.69) is 33.0 Å². The van der Waals surface area contributed by atoms with Crippen molar-refractivity contribution in [3.63, 3.8) is 0 Å². The maximum atomic E-state index is 3.89. The van der Waals surface area contributed by atoms with E-state index < -0.39 is 0 Å². The van der Waals surface area contributed by atoms with Crippen molar-refractivity contribution in [2.75, 3.05) is 6.54 Å². The van der Waals surface area contributed by atoms with Crippen LogP contribution in [0.15, 0.2) is 0 Å². The Labute approximate surface area is 108 Å². The first-order valence-corrected chi connectivity index (χ1v) is 7.77. The summed E-state index contributed by atoms with van der Waals surface area (Å²) in [5.41, 5.74) is 0.671. The first-order valence-electron chi connectivity index (χ1n) is 7.77. The van der Waals surface area contributed by atoms with Crippen molar-refractivity contribution < 1.29 is 0 Å². The minimum atomic E-state index is 0.671. The van der Waals surface area contributed by atoms with E-state index in [1.807, 2.05) is 0 Å². The van der Waals surface area contributed by atoms with Gasteiger partial charge >= 0.3 is 0 Å². The monoisotopic (exact) mass is 237 g/mol. The molecule has 2 aliphatic rings. The molecule has 2 saturated carbocycles. The molecule has 1 heteroatoms. The van der Waals surface area contributed by atoms with Crippen molar-refractivity contribution in [1.82, 2.24) is 5.32 Å². The molecule has 1 N–H and O–H groups in total. The zero-order valence-corrected chi connectivity index (χ0v) is 12.3. The summed E-state index contributed by atoms with van der Waals surface area (Å²) in [7, 11) is 0. The second-order valence-electron chi connectivity index (χ2n) is 7.27. The van der Waals surface area contributed by atoms with Gasteiger partial charge in [0.25, 0.3) is 0 Å². The first-order chi connectivity index (χ1) is 8.03. The topological polar surface area (TPSA) is 12.0 Å². The van der Waals surface area contributed by atoms with E-state index in [1.54, 1.807) is 0 Å². The molecule has 0 spiro atoms. The van der Waals surface area contributed by atoms with Crippen LogP contribution in [0.1, 0.15) is 66.2 Å². The standard InChI is InChI=1S/C16H31N/c1-12(2)14-6-5-7-15(10-14)17-11-16(8-9-16)13(3)4/h12-15,17H,5-11H2,1-4H3. The number of nitrogens with one attached hydrogen (secondary N) is 1. The van der Waals surface area contributed by atoms with Crippen LogP contribution in [0.3, 0.4) is 0 Å². The van der Waals surface area contributed by atoms with Gasteiger partial charge < -0.3 is 5.32 Å². The van der Waals surface area contributed by atoms with Crippen LogP contribution in [0, 0.1) is 23.2 Å². The minimum Gasteiger partial charge on any atom is -0.313 e. The van der Waals surface area contributed by atoms with Gasteiger partial charge in [-0.15, -0.1) is 0 Å². The van der Waals surface area contributed by atoms with E-state index in [4.69, 9.17) is 0 Å². The molecule has 1 nitrogen and oxygen atoms in total. The third kappa shape index (κ3) is 3.24. The summed E-state index contributed by atoms with van der Waals surface area (Å²) in [5.74, 6) is 2.70. The Morgan fingerprint density at radius 3 is 2.35 bits per heavy atom.